The van der Waals surface area contributed by atoms with E-state index in [0.29, 0.717) is 5.92 Å². The van der Waals surface area contributed by atoms with Crippen molar-refractivity contribution in [1.82, 2.24) is 25.0 Å². The average molecular weight is 311 g/mol. The van der Waals surface area contributed by atoms with E-state index in [4.69, 9.17) is 9.72 Å². The maximum Gasteiger partial charge on any atom is 0.109 e. The van der Waals surface area contributed by atoms with Gasteiger partial charge >= 0.3 is 0 Å². The van der Waals surface area contributed by atoms with Gasteiger partial charge in [-0.2, -0.15) is 0 Å². The number of rotatable bonds is 4. The van der Waals surface area contributed by atoms with E-state index in [1.165, 1.54) is 11.1 Å². The van der Waals surface area contributed by atoms with Crippen LogP contribution in [0.1, 0.15) is 35.0 Å². The molecule has 1 aliphatic heterocycles. The van der Waals surface area contributed by atoms with E-state index in [1.807, 2.05) is 10.9 Å². The monoisotopic (exact) mass is 311 g/mol. The number of imidazole rings is 1. The van der Waals surface area contributed by atoms with E-state index in [1.54, 1.807) is 0 Å². The minimum absolute atomic E-state index is 0.403. The summed E-state index contributed by atoms with van der Waals surface area (Å²) in [7, 11) is 0. The van der Waals surface area contributed by atoms with Crippen LogP contribution in [0.25, 0.3) is 11.0 Å². The van der Waals surface area contributed by atoms with Crippen LogP contribution < -0.4 is 0 Å². The Bertz CT molecular complexity index is 829. The van der Waals surface area contributed by atoms with E-state index in [9.17, 15) is 0 Å². The highest BCUT2D eigenvalue weighted by Gasteiger charge is 2.20. The number of aryl methyl sites for hydroxylation is 4. The Morgan fingerprint density at radius 1 is 1.35 bits per heavy atom. The first kappa shape index (κ1) is 14.4. The Balaban J connectivity index is 1.47. The third-order valence-electron chi connectivity index (χ3n) is 4.71. The summed E-state index contributed by atoms with van der Waals surface area (Å²) in [5.74, 6) is 1.40. The molecule has 0 aliphatic carbocycles. The van der Waals surface area contributed by atoms with Crippen LogP contribution in [0.15, 0.2) is 18.3 Å². The van der Waals surface area contributed by atoms with Gasteiger partial charge in [-0.1, -0.05) is 11.3 Å². The van der Waals surface area contributed by atoms with Crippen molar-refractivity contribution in [2.45, 2.75) is 39.2 Å². The lowest BCUT2D eigenvalue weighted by Gasteiger charge is -2.00. The molecule has 6 heteroatoms. The second-order valence-corrected chi connectivity index (χ2v) is 6.30. The smallest absolute Gasteiger partial charge is 0.109 e. The van der Waals surface area contributed by atoms with Gasteiger partial charge in [0, 0.05) is 31.7 Å². The summed E-state index contributed by atoms with van der Waals surface area (Å²) in [6.07, 6.45) is 3.90. The fourth-order valence-electron chi connectivity index (χ4n) is 3.08. The van der Waals surface area contributed by atoms with Gasteiger partial charge < -0.3 is 9.72 Å². The van der Waals surface area contributed by atoms with Crippen LogP contribution in [-0.4, -0.2) is 38.2 Å². The quantitative estimate of drug-likeness (QED) is 0.804. The maximum absolute atomic E-state index is 5.41. The fourth-order valence-corrected chi connectivity index (χ4v) is 3.08. The largest absolute Gasteiger partial charge is 0.381 e. The van der Waals surface area contributed by atoms with Gasteiger partial charge in [0.25, 0.3) is 0 Å². The molecule has 3 heterocycles. The molecule has 6 nitrogen and oxygen atoms in total. The summed E-state index contributed by atoms with van der Waals surface area (Å²) in [5.41, 5.74) is 5.73. The predicted molar refractivity (Wildman–Crippen MR) is 87.5 cm³/mol. The number of ether oxygens (including phenoxy) is 1. The molecular formula is C17H21N5O. The van der Waals surface area contributed by atoms with Crippen LogP contribution in [0.5, 0.6) is 0 Å². The molecule has 0 spiro atoms. The lowest BCUT2D eigenvalue weighted by atomic mass is 10.1. The summed E-state index contributed by atoms with van der Waals surface area (Å²) in [6, 6.07) is 4.23. The van der Waals surface area contributed by atoms with Gasteiger partial charge in [-0.3, -0.25) is 4.68 Å². The Hall–Kier alpha value is -2.21. The number of H-pyrrole nitrogens is 1. The van der Waals surface area contributed by atoms with Gasteiger partial charge in [-0.05, 0) is 37.5 Å². The highest BCUT2D eigenvalue weighted by Crippen LogP contribution is 2.23. The van der Waals surface area contributed by atoms with Crippen molar-refractivity contribution in [3.05, 3.63) is 41.0 Å². The standard InChI is InChI=1S/C17H21N5O/c1-11-3-4-14-17(12(11)2)19-16(18-14)5-7-22-9-15(20-21-22)13-6-8-23-10-13/h3-4,9,13H,5-8,10H2,1-2H3,(H,18,19). The molecule has 1 N–H and O–H groups in total. The molecule has 1 saturated heterocycles. The van der Waals surface area contributed by atoms with Gasteiger partial charge in [0.15, 0.2) is 0 Å². The van der Waals surface area contributed by atoms with Crippen LogP contribution in [0.3, 0.4) is 0 Å². The first-order valence-electron chi connectivity index (χ1n) is 8.13. The zero-order valence-electron chi connectivity index (χ0n) is 13.5. The molecule has 0 amide bonds. The van der Waals surface area contributed by atoms with Crippen LogP contribution >= 0.6 is 0 Å². The number of nitrogens with one attached hydrogen (secondary N) is 1. The third-order valence-corrected chi connectivity index (χ3v) is 4.71. The van der Waals surface area contributed by atoms with Crippen LogP contribution in [-0.2, 0) is 17.7 Å². The van der Waals surface area contributed by atoms with Crippen molar-refractivity contribution in [2.75, 3.05) is 13.2 Å². The molecule has 0 bridgehead atoms. The molecule has 1 fully saturated rings. The van der Waals surface area contributed by atoms with Crippen LogP contribution in [0, 0.1) is 13.8 Å². The van der Waals surface area contributed by atoms with E-state index in [2.05, 4.69) is 41.3 Å². The fraction of sp³-hybridized carbons (Fsp3) is 0.471. The van der Waals surface area contributed by atoms with E-state index in [0.717, 1.165) is 55.2 Å². The first-order chi connectivity index (χ1) is 11.2. The van der Waals surface area contributed by atoms with Crippen molar-refractivity contribution in [3.63, 3.8) is 0 Å². The summed E-state index contributed by atoms with van der Waals surface area (Å²) < 4.78 is 7.31. The molecule has 1 aliphatic rings. The lowest BCUT2D eigenvalue weighted by Crippen LogP contribution is -2.03. The zero-order chi connectivity index (χ0) is 15.8. The van der Waals surface area contributed by atoms with Crippen molar-refractivity contribution < 1.29 is 4.74 Å². The number of aromatic amines is 1. The van der Waals surface area contributed by atoms with Crippen LogP contribution in [0.2, 0.25) is 0 Å². The molecule has 2 aromatic heterocycles. The van der Waals surface area contributed by atoms with E-state index in [-0.39, 0.29) is 0 Å². The van der Waals surface area contributed by atoms with Gasteiger partial charge in [0.2, 0.25) is 0 Å². The molecule has 0 saturated carbocycles. The minimum atomic E-state index is 0.403. The molecular weight excluding hydrogens is 290 g/mol. The number of fused-ring (bicyclic) bond motifs is 1. The number of aromatic nitrogens is 5. The summed E-state index contributed by atoms with van der Waals surface area (Å²) in [6.45, 7) is 6.61. The maximum atomic E-state index is 5.41. The average Bonchev–Trinajstić information content (AvgIpc) is 3.28. The number of hydrogen-bond acceptors (Lipinski definition) is 4. The minimum Gasteiger partial charge on any atom is -0.381 e. The highest BCUT2D eigenvalue weighted by atomic mass is 16.5. The molecule has 23 heavy (non-hydrogen) atoms. The Kier molecular flexibility index (Phi) is 3.61. The Labute approximate surface area is 134 Å². The summed E-state index contributed by atoms with van der Waals surface area (Å²) in [4.78, 5) is 8.14. The Morgan fingerprint density at radius 2 is 2.26 bits per heavy atom. The molecule has 3 aromatic rings. The molecule has 1 atom stereocenters. The molecule has 120 valence electrons. The number of nitrogens with zero attached hydrogens (tertiary/aromatic N) is 4. The normalized spacial score (nSPS) is 18.1. The molecule has 0 radical (unpaired) electrons. The molecule has 4 rings (SSSR count). The number of hydrogen-bond donors (Lipinski definition) is 1. The Morgan fingerprint density at radius 3 is 3.09 bits per heavy atom. The third kappa shape index (κ3) is 2.74. The summed E-state index contributed by atoms with van der Waals surface area (Å²) in [5, 5.41) is 8.51. The van der Waals surface area contributed by atoms with Gasteiger partial charge in [0.05, 0.1) is 23.3 Å². The van der Waals surface area contributed by atoms with E-state index >= 15 is 0 Å². The van der Waals surface area contributed by atoms with Crippen molar-refractivity contribution in [2.24, 2.45) is 0 Å². The second-order valence-electron chi connectivity index (χ2n) is 6.30. The van der Waals surface area contributed by atoms with Gasteiger partial charge in [0.1, 0.15) is 5.82 Å². The van der Waals surface area contributed by atoms with Crippen molar-refractivity contribution in [3.8, 4) is 0 Å². The van der Waals surface area contributed by atoms with Crippen molar-refractivity contribution >= 4 is 11.0 Å². The van der Waals surface area contributed by atoms with Gasteiger partial charge in [-0.15, -0.1) is 5.10 Å². The number of benzene rings is 1. The zero-order valence-corrected chi connectivity index (χ0v) is 13.5. The lowest BCUT2D eigenvalue weighted by molar-refractivity contribution is 0.193. The highest BCUT2D eigenvalue weighted by molar-refractivity contribution is 5.79. The first-order valence-corrected chi connectivity index (χ1v) is 8.13. The van der Waals surface area contributed by atoms with Crippen LogP contribution in [0.4, 0.5) is 0 Å². The SMILES string of the molecule is Cc1ccc2[nH]c(CCn3cc(C4CCOC4)nn3)nc2c1C. The van der Waals surface area contributed by atoms with E-state index < -0.39 is 0 Å². The predicted octanol–water partition coefficient (Wildman–Crippen LogP) is 2.52. The summed E-state index contributed by atoms with van der Waals surface area (Å²) >= 11 is 0. The topological polar surface area (TPSA) is 68.6 Å². The second kappa shape index (κ2) is 5.77. The molecule has 1 unspecified atom stereocenters. The van der Waals surface area contributed by atoms with Gasteiger partial charge in [-0.25, -0.2) is 4.98 Å². The molecule has 1 aromatic carbocycles. The van der Waals surface area contributed by atoms with Crippen molar-refractivity contribution in [1.29, 1.82) is 0 Å².